The van der Waals surface area contributed by atoms with Gasteiger partial charge in [-0.05, 0) is 58.8 Å². The van der Waals surface area contributed by atoms with Gasteiger partial charge in [0.1, 0.15) is 22.7 Å². The van der Waals surface area contributed by atoms with Crippen molar-refractivity contribution in [2.75, 3.05) is 0 Å². The number of nitrogens with zero attached hydrogens (tertiary/aromatic N) is 3. The molecule has 2 rings (SSSR count). The van der Waals surface area contributed by atoms with Crippen molar-refractivity contribution in [1.29, 1.82) is 10.5 Å². The first-order chi connectivity index (χ1) is 11.2. The molecule has 5 nitrogen and oxygen atoms in total. The molecule has 2 aromatic rings. The van der Waals surface area contributed by atoms with Gasteiger partial charge in [-0.2, -0.15) is 10.5 Å². The van der Waals surface area contributed by atoms with Gasteiger partial charge in [-0.3, -0.25) is 0 Å². The van der Waals surface area contributed by atoms with Crippen LogP contribution in [0.2, 0.25) is 0 Å². The van der Waals surface area contributed by atoms with Gasteiger partial charge in [-0.25, -0.2) is 8.42 Å². The highest BCUT2D eigenvalue weighted by Crippen LogP contribution is 2.31. The van der Waals surface area contributed by atoms with E-state index in [0.717, 1.165) is 0 Å². The van der Waals surface area contributed by atoms with Crippen molar-refractivity contribution in [2.24, 2.45) is 7.05 Å². The van der Waals surface area contributed by atoms with Crippen molar-refractivity contribution >= 4 is 47.8 Å². The lowest BCUT2D eigenvalue weighted by atomic mass is 10.2. The first-order valence-electron chi connectivity index (χ1n) is 6.60. The minimum absolute atomic E-state index is 0.00114. The Labute approximate surface area is 157 Å². The van der Waals surface area contributed by atoms with E-state index in [9.17, 15) is 13.7 Å². The summed E-state index contributed by atoms with van der Waals surface area (Å²) in [5.74, 6) is 0. The molecule has 0 unspecified atom stereocenters. The average molecular weight is 469 g/mol. The van der Waals surface area contributed by atoms with Gasteiger partial charge in [0.25, 0.3) is 0 Å². The summed E-state index contributed by atoms with van der Waals surface area (Å²) in [5.41, 5.74) is 1.60. The zero-order valence-electron chi connectivity index (χ0n) is 12.7. The number of allylic oxidation sites excluding steroid dienone is 1. The van der Waals surface area contributed by atoms with Crippen LogP contribution in [0.3, 0.4) is 0 Å². The number of aromatic nitrogens is 1. The van der Waals surface area contributed by atoms with E-state index in [1.807, 2.05) is 6.07 Å². The van der Waals surface area contributed by atoms with Gasteiger partial charge in [0.15, 0.2) is 0 Å². The molecule has 1 aromatic carbocycles. The van der Waals surface area contributed by atoms with Crippen LogP contribution in [0.5, 0.6) is 0 Å². The second-order valence-corrected chi connectivity index (χ2v) is 8.60. The van der Waals surface area contributed by atoms with E-state index in [4.69, 9.17) is 5.26 Å². The maximum Gasteiger partial charge on any atom is 0.217 e. The van der Waals surface area contributed by atoms with E-state index in [2.05, 4.69) is 31.9 Å². The van der Waals surface area contributed by atoms with Crippen LogP contribution in [0, 0.1) is 29.6 Å². The van der Waals surface area contributed by atoms with Crippen molar-refractivity contribution in [1.82, 2.24) is 4.57 Å². The maximum absolute atomic E-state index is 12.8. The molecule has 0 amide bonds. The highest BCUT2D eigenvalue weighted by atomic mass is 79.9. The molecule has 0 N–H and O–H groups in total. The summed E-state index contributed by atoms with van der Waals surface area (Å²) in [6.45, 7) is 1.75. The molecular weight excluding hydrogens is 458 g/mol. The Morgan fingerprint density at radius 1 is 1.25 bits per heavy atom. The lowest BCUT2D eigenvalue weighted by molar-refractivity contribution is 0.603. The predicted molar refractivity (Wildman–Crippen MR) is 97.5 cm³/mol. The van der Waals surface area contributed by atoms with Crippen LogP contribution in [0.1, 0.15) is 17.0 Å². The van der Waals surface area contributed by atoms with Crippen LogP contribution < -0.4 is 0 Å². The molecule has 0 aliphatic carbocycles. The summed E-state index contributed by atoms with van der Waals surface area (Å²) >= 11 is 6.44. The molecule has 0 aliphatic heterocycles. The van der Waals surface area contributed by atoms with Crippen LogP contribution in [-0.4, -0.2) is 13.0 Å². The van der Waals surface area contributed by atoms with E-state index >= 15 is 0 Å². The fourth-order valence-corrected chi connectivity index (χ4v) is 4.73. The molecule has 8 heteroatoms. The second-order valence-electron chi connectivity index (χ2n) is 4.94. The van der Waals surface area contributed by atoms with Crippen molar-refractivity contribution < 1.29 is 8.42 Å². The quantitative estimate of drug-likeness (QED) is 0.635. The Kier molecular flexibility index (Phi) is 5.34. The number of sulfone groups is 1. The van der Waals surface area contributed by atoms with Crippen molar-refractivity contribution in [2.45, 2.75) is 11.8 Å². The Morgan fingerprint density at radius 2 is 1.92 bits per heavy atom. The Hall–Kier alpha value is -1.87. The van der Waals surface area contributed by atoms with Gasteiger partial charge < -0.3 is 4.57 Å². The molecule has 0 atom stereocenters. The summed E-state index contributed by atoms with van der Waals surface area (Å²) < 4.78 is 28.2. The van der Waals surface area contributed by atoms with Gasteiger partial charge in [-0.1, -0.05) is 15.9 Å². The molecule has 0 bridgehead atoms. The van der Waals surface area contributed by atoms with Crippen LogP contribution in [-0.2, 0) is 16.9 Å². The third kappa shape index (κ3) is 3.32. The average Bonchev–Trinajstić information content (AvgIpc) is 2.82. The molecule has 0 spiro atoms. The highest BCUT2D eigenvalue weighted by Gasteiger charge is 2.24. The Bertz CT molecular complexity index is 1040. The molecule has 0 radical (unpaired) electrons. The monoisotopic (exact) mass is 467 g/mol. The molecular formula is C16H11Br2N3O2S. The number of nitriles is 2. The number of benzene rings is 1. The van der Waals surface area contributed by atoms with Gasteiger partial charge in [-0.15, -0.1) is 0 Å². The molecule has 0 saturated heterocycles. The van der Waals surface area contributed by atoms with E-state index in [-0.39, 0.29) is 9.80 Å². The van der Waals surface area contributed by atoms with E-state index in [0.29, 0.717) is 25.9 Å². The maximum atomic E-state index is 12.8. The van der Waals surface area contributed by atoms with Crippen molar-refractivity contribution in [3.8, 4) is 12.1 Å². The number of hydrogen-bond donors (Lipinski definition) is 0. The lowest BCUT2D eigenvalue weighted by Crippen LogP contribution is -2.05. The van der Waals surface area contributed by atoms with Crippen molar-refractivity contribution in [3.63, 3.8) is 0 Å². The molecule has 1 aromatic heterocycles. The van der Waals surface area contributed by atoms with Crippen molar-refractivity contribution in [3.05, 3.63) is 55.1 Å². The topological polar surface area (TPSA) is 86.7 Å². The third-order valence-corrected chi connectivity index (χ3v) is 6.71. The summed E-state index contributed by atoms with van der Waals surface area (Å²) in [6.07, 6.45) is 1.29. The summed E-state index contributed by atoms with van der Waals surface area (Å²) in [5, 5.41) is 18.4. The van der Waals surface area contributed by atoms with Crippen LogP contribution >= 0.6 is 31.9 Å². The highest BCUT2D eigenvalue weighted by molar-refractivity contribution is 9.11. The largest absolute Gasteiger partial charge is 0.339 e. The predicted octanol–water partition coefficient (Wildman–Crippen LogP) is 4.07. The summed E-state index contributed by atoms with van der Waals surface area (Å²) in [4.78, 5) is -0.391. The van der Waals surface area contributed by atoms with Gasteiger partial charge >= 0.3 is 0 Å². The summed E-state index contributed by atoms with van der Waals surface area (Å²) in [7, 11) is -2.29. The minimum atomic E-state index is -4.00. The number of hydrogen-bond acceptors (Lipinski definition) is 4. The van der Waals surface area contributed by atoms with Crippen LogP contribution in [0.4, 0.5) is 0 Å². The van der Waals surface area contributed by atoms with Gasteiger partial charge in [0.05, 0.1) is 4.90 Å². The molecule has 24 heavy (non-hydrogen) atoms. The SMILES string of the molecule is Cc1c(C=C(C#N)S(=O)(=O)c2cc(Br)ccc2Br)cc(C#N)n1C. The zero-order chi connectivity index (χ0) is 18.1. The smallest absolute Gasteiger partial charge is 0.217 e. The lowest BCUT2D eigenvalue weighted by Gasteiger charge is -2.06. The van der Waals surface area contributed by atoms with Crippen LogP contribution in [0.25, 0.3) is 6.08 Å². The third-order valence-electron chi connectivity index (χ3n) is 3.56. The van der Waals surface area contributed by atoms with Crippen LogP contribution in [0.15, 0.2) is 43.0 Å². The van der Waals surface area contributed by atoms with E-state index in [1.54, 1.807) is 42.8 Å². The fraction of sp³-hybridized carbons (Fsp3) is 0.125. The fourth-order valence-electron chi connectivity index (χ4n) is 2.09. The standard InChI is InChI=1S/C16H11Br2N3O2S/c1-10-11(5-13(8-19)21(10)2)6-14(9-20)24(22,23)16-7-12(17)3-4-15(16)18/h3-7H,1-2H3. The minimum Gasteiger partial charge on any atom is -0.339 e. The van der Waals surface area contributed by atoms with Gasteiger partial charge in [0, 0.05) is 21.7 Å². The number of rotatable bonds is 3. The first-order valence-corrected chi connectivity index (χ1v) is 9.67. The number of halogens is 2. The van der Waals surface area contributed by atoms with E-state index in [1.165, 1.54) is 12.1 Å². The zero-order valence-corrected chi connectivity index (χ0v) is 16.7. The second kappa shape index (κ2) is 6.94. The Morgan fingerprint density at radius 3 is 2.46 bits per heavy atom. The molecule has 0 saturated carbocycles. The Balaban J connectivity index is 2.66. The van der Waals surface area contributed by atoms with Gasteiger partial charge in [0.2, 0.25) is 9.84 Å². The first kappa shape index (κ1) is 18.5. The summed E-state index contributed by atoms with van der Waals surface area (Å²) in [6, 6.07) is 10.0. The normalized spacial score (nSPS) is 11.8. The molecule has 1 heterocycles. The van der Waals surface area contributed by atoms with E-state index < -0.39 is 9.84 Å². The molecule has 0 aliphatic rings. The molecule has 122 valence electrons. The molecule has 0 fully saturated rings.